The summed E-state index contributed by atoms with van der Waals surface area (Å²) in [6.07, 6.45) is 8.00. The molecule has 88 valence electrons. The van der Waals surface area contributed by atoms with E-state index < -0.39 is 0 Å². The lowest BCUT2D eigenvalue weighted by atomic mass is 10.1. The van der Waals surface area contributed by atoms with Crippen LogP contribution in [0.1, 0.15) is 45.4 Å². The second-order valence-corrected chi connectivity index (χ2v) is 4.57. The molecule has 0 radical (unpaired) electrons. The van der Waals surface area contributed by atoms with Crippen molar-refractivity contribution in [2.45, 2.75) is 45.4 Å². The minimum absolute atomic E-state index is 0. The molecule has 0 saturated carbocycles. The van der Waals surface area contributed by atoms with Crippen molar-refractivity contribution in [1.29, 1.82) is 0 Å². The van der Waals surface area contributed by atoms with E-state index in [-0.39, 0.29) is 30.7 Å². The first-order valence-electron chi connectivity index (χ1n) is 5.55. The van der Waals surface area contributed by atoms with Gasteiger partial charge >= 0.3 is 0 Å². The van der Waals surface area contributed by atoms with E-state index >= 15 is 0 Å². The van der Waals surface area contributed by atoms with E-state index in [1.807, 2.05) is 0 Å². The number of quaternary nitrogens is 1. The quantitative estimate of drug-likeness (QED) is 0.274. The fourth-order valence-corrected chi connectivity index (χ4v) is 1.39. The van der Waals surface area contributed by atoms with Gasteiger partial charge in [-0.1, -0.05) is 32.6 Å². The highest BCUT2D eigenvalue weighted by molar-refractivity contribution is 4.43. The molecule has 0 bridgehead atoms. The molecule has 0 aliphatic heterocycles. The van der Waals surface area contributed by atoms with E-state index in [0.29, 0.717) is 0 Å². The lowest BCUT2D eigenvalue weighted by Crippen LogP contribution is -3.00. The molecule has 0 aromatic heterocycles. The summed E-state index contributed by atoms with van der Waals surface area (Å²) in [4.78, 5) is 0. The third kappa shape index (κ3) is 10.7. The van der Waals surface area contributed by atoms with Crippen LogP contribution in [0.3, 0.4) is 0 Å². The predicted molar refractivity (Wildman–Crippen MR) is 57.4 cm³/mol. The molecular formula is C11H26INO. The molecule has 1 N–H and O–H groups in total. The van der Waals surface area contributed by atoms with Gasteiger partial charge in [0.05, 0.1) is 20.6 Å². The third-order valence-corrected chi connectivity index (χ3v) is 2.50. The van der Waals surface area contributed by atoms with Gasteiger partial charge in [-0.25, -0.2) is 0 Å². The monoisotopic (exact) mass is 315 g/mol. The number of halogens is 1. The number of hydrogen-bond donors (Lipinski definition) is 1. The highest BCUT2D eigenvalue weighted by Gasteiger charge is 2.11. The lowest BCUT2D eigenvalue weighted by molar-refractivity contribution is -0.909. The maximum atomic E-state index is 9.01. The molecule has 0 rings (SSSR count). The van der Waals surface area contributed by atoms with Crippen LogP contribution in [-0.4, -0.2) is 37.0 Å². The highest BCUT2D eigenvalue weighted by atomic mass is 127. The summed E-state index contributed by atoms with van der Waals surface area (Å²) in [6, 6.07) is 0. The van der Waals surface area contributed by atoms with Crippen LogP contribution in [0.4, 0.5) is 0 Å². The average Bonchev–Trinajstić information content (AvgIpc) is 2.11. The van der Waals surface area contributed by atoms with Crippen LogP contribution < -0.4 is 24.0 Å². The van der Waals surface area contributed by atoms with Gasteiger partial charge < -0.3 is 33.6 Å². The SMILES string of the molecule is CCCCCCCC[N+](C)(C)CO.[I-]. The summed E-state index contributed by atoms with van der Waals surface area (Å²) >= 11 is 0. The molecule has 0 aliphatic rings. The maximum Gasteiger partial charge on any atom is 0.179 e. The lowest BCUT2D eigenvalue weighted by Gasteiger charge is -2.26. The largest absolute Gasteiger partial charge is 1.00 e. The number of aliphatic hydroxyl groups excluding tert-OH is 1. The van der Waals surface area contributed by atoms with Crippen molar-refractivity contribution in [3.63, 3.8) is 0 Å². The number of unbranched alkanes of at least 4 members (excludes halogenated alkanes) is 5. The normalized spacial score (nSPS) is 11.1. The Hall–Kier alpha value is 0.650. The number of rotatable bonds is 8. The first-order chi connectivity index (χ1) is 6.12. The zero-order valence-corrected chi connectivity index (χ0v) is 12.1. The van der Waals surface area contributed by atoms with Crippen LogP contribution in [0, 0.1) is 0 Å². The topological polar surface area (TPSA) is 20.2 Å². The summed E-state index contributed by atoms with van der Waals surface area (Å²) in [6.45, 7) is 3.60. The first-order valence-corrected chi connectivity index (χ1v) is 5.55. The second-order valence-electron chi connectivity index (χ2n) is 4.57. The van der Waals surface area contributed by atoms with Crippen LogP contribution in [0.15, 0.2) is 0 Å². The van der Waals surface area contributed by atoms with Gasteiger partial charge in [0.1, 0.15) is 0 Å². The van der Waals surface area contributed by atoms with Gasteiger partial charge in [0.25, 0.3) is 0 Å². The Balaban J connectivity index is 0. The van der Waals surface area contributed by atoms with Crippen LogP contribution in [0.25, 0.3) is 0 Å². The van der Waals surface area contributed by atoms with Crippen LogP contribution in [-0.2, 0) is 0 Å². The van der Waals surface area contributed by atoms with E-state index in [9.17, 15) is 0 Å². The molecule has 0 fully saturated rings. The number of nitrogens with zero attached hydrogens (tertiary/aromatic N) is 1. The maximum absolute atomic E-state index is 9.01. The van der Waals surface area contributed by atoms with Gasteiger partial charge in [-0.2, -0.15) is 0 Å². The van der Waals surface area contributed by atoms with E-state index in [0.717, 1.165) is 11.0 Å². The fraction of sp³-hybridized carbons (Fsp3) is 1.00. The van der Waals surface area contributed by atoms with Crippen molar-refractivity contribution >= 4 is 0 Å². The summed E-state index contributed by atoms with van der Waals surface area (Å²) in [7, 11) is 4.15. The summed E-state index contributed by atoms with van der Waals surface area (Å²) in [5.41, 5.74) is 0. The average molecular weight is 315 g/mol. The molecule has 0 aliphatic carbocycles. The molecule has 2 nitrogen and oxygen atoms in total. The van der Waals surface area contributed by atoms with Crippen molar-refractivity contribution in [3.8, 4) is 0 Å². The zero-order valence-electron chi connectivity index (χ0n) is 9.93. The zero-order chi connectivity index (χ0) is 10.2. The molecule has 0 saturated heterocycles. The molecule has 0 spiro atoms. The van der Waals surface area contributed by atoms with Crippen molar-refractivity contribution in [3.05, 3.63) is 0 Å². The molecular weight excluding hydrogens is 289 g/mol. The first kappa shape index (κ1) is 17.1. The Bertz CT molecular complexity index is 118. The Kier molecular flexibility index (Phi) is 12.4. The van der Waals surface area contributed by atoms with Gasteiger partial charge in [0.15, 0.2) is 6.73 Å². The molecule has 0 unspecified atom stereocenters. The van der Waals surface area contributed by atoms with E-state index in [4.69, 9.17) is 5.11 Å². The van der Waals surface area contributed by atoms with Gasteiger partial charge in [-0.3, -0.25) is 0 Å². The molecule has 3 heteroatoms. The molecule has 14 heavy (non-hydrogen) atoms. The minimum Gasteiger partial charge on any atom is -1.00 e. The van der Waals surface area contributed by atoms with Gasteiger partial charge in [0, 0.05) is 0 Å². The number of aliphatic hydroxyl groups is 1. The molecule has 0 amide bonds. The molecule has 0 aromatic carbocycles. The summed E-state index contributed by atoms with van der Waals surface area (Å²) in [5, 5.41) is 9.01. The molecule has 0 heterocycles. The van der Waals surface area contributed by atoms with Gasteiger partial charge in [-0.15, -0.1) is 0 Å². The Morgan fingerprint density at radius 1 is 0.929 bits per heavy atom. The van der Waals surface area contributed by atoms with Crippen LogP contribution >= 0.6 is 0 Å². The molecule has 0 atom stereocenters. The highest BCUT2D eigenvalue weighted by Crippen LogP contribution is 2.07. The third-order valence-electron chi connectivity index (χ3n) is 2.50. The summed E-state index contributed by atoms with van der Waals surface area (Å²) < 4.78 is 0.744. The van der Waals surface area contributed by atoms with Crippen LogP contribution in [0.5, 0.6) is 0 Å². The minimum atomic E-state index is 0. The van der Waals surface area contributed by atoms with Crippen molar-refractivity contribution in [2.75, 3.05) is 27.4 Å². The van der Waals surface area contributed by atoms with Gasteiger partial charge in [0.2, 0.25) is 0 Å². The second kappa shape index (κ2) is 10.2. The van der Waals surface area contributed by atoms with Crippen LogP contribution in [0.2, 0.25) is 0 Å². The fourth-order valence-electron chi connectivity index (χ4n) is 1.39. The Labute approximate surface area is 106 Å². The van der Waals surface area contributed by atoms with Crippen molar-refractivity contribution in [1.82, 2.24) is 0 Å². The van der Waals surface area contributed by atoms with Gasteiger partial charge in [-0.05, 0) is 12.8 Å². The smallest absolute Gasteiger partial charge is 0.179 e. The van der Waals surface area contributed by atoms with E-state index in [2.05, 4.69) is 21.0 Å². The Morgan fingerprint density at radius 2 is 1.43 bits per heavy atom. The standard InChI is InChI=1S/C11H26NO.HI/c1-4-5-6-7-8-9-10-12(2,3)11-13;/h13H,4-11H2,1-3H3;1H/q+1;/p-1. The van der Waals surface area contributed by atoms with E-state index in [1.165, 1.54) is 38.5 Å². The Morgan fingerprint density at radius 3 is 1.93 bits per heavy atom. The molecule has 0 aromatic rings. The van der Waals surface area contributed by atoms with E-state index in [1.54, 1.807) is 0 Å². The van der Waals surface area contributed by atoms with Crippen molar-refractivity contribution in [2.24, 2.45) is 0 Å². The number of hydrogen-bond acceptors (Lipinski definition) is 1. The summed E-state index contributed by atoms with van der Waals surface area (Å²) in [5.74, 6) is 0. The van der Waals surface area contributed by atoms with Crippen molar-refractivity contribution < 1.29 is 33.6 Å². The predicted octanol–water partition coefficient (Wildman–Crippen LogP) is -0.623.